The van der Waals surface area contributed by atoms with Gasteiger partial charge in [0, 0.05) is 19.6 Å². The topological polar surface area (TPSA) is 52.6 Å². The zero-order valence-electron chi connectivity index (χ0n) is 11.9. The van der Waals surface area contributed by atoms with Crippen molar-refractivity contribution in [3.8, 4) is 0 Å². The van der Waals surface area contributed by atoms with Crippen LogP contribution in [0.25, 0.3) is 0 Å². The predicted octanol–water partition coefficient (Wildman–Crippen LogP) is 2.21. The van der Waals surface area contributed by atoms with E-state index in [-0.39, 0.29) is 0 Å². The van der Waals surface area contributed by atoms with Gasteiger partial charge in [0.25, 0.3) is 0 Å². The van der Waals surface area contributed by atoms with Gasteiger partial charge in [0.15, 0.2) is 0 Å². The summed E-state index contributed by atoms with van der Waals surface area (Å²) in [6.07, 6.45) is 2.46. The van der Waals surface area contributed by atoms with Crippen LogP contribution in [0.5, 0.6) is 0 Å². The second-order valence-electron chi connectivity index (χ2n) is 4.84. The Hall–Kier alpha value is -1.39. The Labute approximate surface area is 115 Å². The predicted molar refractivity (Wildman–Crippen MR) is 77.5 cm³/mol. The van der Waals surface area contributed by atoms with E-state index in [9.17, 15) is 4.79 Å². The standard InChI is InChI=1S/C15H24N2O2/c1-3-4-9-17(2)10-8-16-12-13-6-5-7-14(11-13)15(18)19/h5-7,11,16H,3-4,8-10,12H2,1-2H3,(H,18,19). The minimum atomic E-state index is -0.874. The quantitative estimate of drug-likeness (QED) is 0.671. The van der Waals surface area contributed by atoms with Crippen molar-refractivity contribution in [3.63, 3.8) is 0 Å². The Balaban J connectivity index is 2.25. The minimum Gasteiger partial charge on any atom is -0.478 e. The van der Waals surface area contributed by atoms with Crippen LogP contribution >= 0.6 is 0 Å². The molecule has 0 radical (unpaired) electrons. The number of benzene rings is 1. The van der Waals surface area contributed by atoms with Gasteiger partial charge in [0.2, 0.25) is 0 Å². The number of carboxylic acid groups (broad SMARTS) is 1. The van der Waals surface area contributed by atoms with Gasteiger partial charge in [0.05, 0.1) is 5.56 Å². The Morgan fingerprint density at radius 2 is 2.16 bits per heavy atom. The largest absolute Gasteiger partial charge is 0.478 e. The van der Waals surface area contributed by atoms with Gasteiger partial charge in [-0.05, 0) is 37.7 Å². The molecule has 0 fully saturated rings. The fraction of sp³-hybridized carbons (Fsp3) is 0.533. The van der Waals surface area contributed by atoms with Gasteiger partial charge in [0.1, 0.15) is 0 Å². The summed E-state index contributed by atoms with van der Waals surface area (Å²) >= 11 is 0. The number of nitrogens with one attached hydrogen (secondary N) is 1. The second-order valence-corrected chi connectivity index (χ2v) is 4.84. The second kappa shape index (κ2) is 8.67. The Bertz CT molecular complexity index is 393. The highest BCUT2D eigenvalue weighted by Gasteiger charge is 2.03. The number of carbonyl (C=O) groups is 1. The molecule has 2 N–H and O–H groups in total. The number of hydrogen-bond donors (Lipinski definition) is 2. The van der Waals surface area contributed by atoms with Gasteiger partial charge >= 0.3 is 5.97 Å². The lowest BCUT2D eigenvalue weighted by Crippen LogP contribution is -2.29. The first-order valence-corrected chi connectivity index (χ1v) is 6.85. The van der Waals surface area contributed by atoms with E-state index in [2.05, 4.69) is 24.2 Å². The summed E-state index contributed by atoms with van der Waals surface area (Å²) in [7, 11) is 2.13. The molecular weight excluding hydrogens is 240 g/mol. The molecule has 19 heavy (non-hydrogen) atoms. The van der Waals surface area contributed by atoms with Crippen LogP contribution in [0.1, 0.15) is 35.7 Å². The molecular formula is C15H24N2O2. The van der Waals surface area contributed by atoms with Crippen LogP contribution in [0.2, 0.25) is 0 Å². The average Bonchev–Trinajstić information content (AvgIpc) is 2.41. The zero-order chi connectivity index (χ0) is 14.1. The number of likely N-dealkylation sites (N-methyl/N-ethyl adjacent to an activating group) is 1. The van der Waals surface area contributed by atoms with E-state index in [1.54, 1.807) is 18.2 Å². The molecule has 1 aromatic carbocycles. The zero-order valence-corrected chi connectivity index (χ0v) is 11.9. The third-order valence-corrected chi connectivity index (χ3v) is 3.07. The highest BCUT2D eigenvalue weighted by molar-refractivity contribution is 5.87. The van der Waals surface area contributed by atoms with E-state index < -0.39 is 5.97 Å². The smallest absolute Gasteiger partial charge is 0.335 e. The molecule has 0 aromatic heterocycles. The summed E-state index contributed by atoms with van der Waals surface area (Å²) in [5.41, 5.74) is 1.36. The first-order chi connectivity index (χ1) is 9.13. The van der Waals surface area contributed by atoms with Gasteiger partial charge in [-0.25, -0.2) is 4.79 Å². The molecule has 0 spiro atoms. The SMILES string of the molecule is CCCCN(C)CCNCc1cccc(C(=O)O)c1. The average molecular weight is 264 g/mol. The number of unbranched alkanes of at least 4 members (excludes halogenated alkanes) is 1. The normalized spacial score (nSPS) is 10.9. The molecule has 0 unspecified atom stereocenters. The maximum absolute atomic E-state index is 10.8. The van der Waals surface area contributed by atoms with Gasteiger partial charge in [-0.2, -0.15) is 0 Å². The van der Waals surface area contributed by atoms with Crippen molar-refractivity contribution in [1.82, 2.24) is 10.2 Å². The van der Waals surface area contributed by atoms with Crippen LogP contribution in [0.3, 0.4) is 0 Å². The first-order valence-electron chi connectivity index (χ1n) is 6.85. The highest BCUT2D eigenvalue weighted by Crippen LogP contribution is 2.04. The van der Waals surface area contributed by atoms with E-state index in [1.165, 1.54) is 12.8 Å². The van der Waals surface area contributed by atoms with Crippen molar-refractivity contribution in [2.24, 2.45) is 0 Å². The number of carboxylic acids is 1. The molecule has 1 rings (SSSR count). The van der Waals surface area contributed by atoms with Crippen molar-refractivity contribution in [2.75, 3.05) is 26.7 Å². The maximum atomic E-state index is 10.8. The van der Waals surface area contributed by atoms with Gasteiger partial charge in [-0.1, -0.05) is 25.5 Å². The fourth-order valence-corrected chi connectivity index (χ4v) is 1.86. The van der Waals surface area contributed by atoms with Crippen LogP contribution < -0.4 is 5.32 Å². The maximum Gasteiger partial charge on any atom is 0.335 e. The molecule has 4 nitrogen and oxygen atoms in total. The molecule has 1 aromatic rings. The molecule has 0 aliphatic rings. The van der Waals surface area contributed by atoms with Crippen LogP contribution in [0.15, 0.2) is 24.3 Å². The molecule has 0 bridgehead atoms. The fourth-order valence-electron chi connectivity index (χ4n) is 1.86. The summed E-state index contributed by atoms with van der Waals surface area (Å²) in [5, 5.41) is 12.2. The third kappa shape index (κ3) is 6.36. The van der Waals surface area contributed by atoms with E-state index >= 15 is 0 Å². The van der Waals surface area contributed by atoms with Gasteiger partial charge < -0.3 is 15.3 Å². The van der Waals surface area contributed by atoms with Crippen LogP contribution in [0, 0.1) is 0 Å². The lowest BCUT2D eigenvalue weighted by Gasteiger charge is -2.16. The molecule has 0 aliphatic heterocycles. The Kier molecular flexibility index (Phi) is 7.15. The summed E-state index contributed by atoms with van der Waals surface area (Å²) in [5.74, 6) is -0.874. The van der Waals surface area contributed by atoms with E-state index in [1.807, 2.05) is 6.07 Å². The van der Waals surface area contributed by atoms with E-state index in [0.717, 1.165) is 25.2 Å². The summed E-state index contributed by atoms with van der Waals surface area (Å²) < 4.78 is 0. The van der Waals surface area contributed by atoms with Crippen LogP contribution in [-0.2, 0) is 6.54 Å². The lowest BCUT2D eigenvalue weighted by molar-refractivity contribution is 0.0696. The Morgan fingerprint density at radius 3 is 2.84 bits per heavy atom. The molecule has 0 heterocycles. The number of aromatic carboxylic acids is 1. The van der Waals surface area contributed by atoms with Crippen molar-refractivity contribution in [1.29, 1.82) is 0 Å². The minimum absolute atomic E-state index is 0.347. The van der Waals surface area contributed by atoms with Crippen molar-refractivity contribution >= 4 is 5.97 Å². The summed E-state index contributed by atoms with van der Waals surface area (Å²) in [4.78, 5) is 13.2. The molecule has 0 atom stereocenters. The monoisotopic (exact) mass is 264 g/mol. The Morgan fingerprint density at radius 1 is 1.37 bits per heavy atom. The van der Waals surface area contributed by atoms with Gasteiger partial charge in [-0.3, -0.25) is 0 Å². The first kappa shape index (κ1) is 15.7. The molecule has 106 valence electrons. The number of hydrogen-bond acceptors (Lipinski definition) is 3. The van der Waals surface area contributed by atoms with E-state index in [4.69, 9.17) is 5.11 Å². The van der Waals surface area contributed by atoms with Gasteiger partial charge in [-0.15, -0.1) is 0 Å². The molecule has 0 amide bonds. The number of nitrogens with zero attached hydrogens (tertiary/aromatic N) is 1. The van der Waals surface area contributed by atoms with Crippen LogP contribution in [-0.4, -0.2) is 42.7 Å². The van der Waals surface area contributed by atoms with E-state index in [0.29, 0.717) is 12.1 Å². The molecule has 0 saturated carbocycles. The molecule has 0 saturated heterocycles. The van der Waals surface area contributed by atoms with Crippen molar-refractivity contribution in [3.05, 3.63) is 35.4 Å². The third-order valence-electron chi connectivity index (χ3n) is 3.07. The molecule has 4 heteroatoms. The number of rotatable bonds is 9. The van der Waals surface area contributed by atoms with Crippen molar-refractivity contribution in [2.45, 2.75) is 26.3 Å². The molecule has 0 aliphatic carbocycles. The highest BCUT2D eigenvalue weighted by atomic mass is 16.4. The lowest BCUT2D eigenvalue weighted by atomic mass is 10.1. The summed E-state index contributed by atoms with van der Waals surface area (Å²) in [6, 6.07) is 7.06. The van der Waals surface area contributed by atoms with Crippen molar-refractivity contribution < 1.29 is 9.90 Å². The van der Waals surface area contributed by atoms with Crippen LogP contribution in [0.4, 0.5) is 0 Å². The summed E-state index contributed by atoms with van der Waals surface area (Å²) in [6.45, 7) is 5.97.